The number of benzene rings is 2. The molecule has 2 aromatic rings. The zero-order valence-electron chi connectivity index (χ0n) is 19.2. The maximum absolute atomic E-state index is 12.7. The van der Waals surface area contributed by atoms with Gasteiger partial charge in [-0.3, -0.25) is 4.79 Å². The molecule has 0 spiro atoms. The number of likely N-dealkylation sites (tertiary alicyclic amines) is 1. The lowest BCUT2D eigenvalue weighted by Crippen LogP contribution is -2.35. The van der Waals surface area contributed by atoms with E-state index in [9.17, 15) is 4.79 Å². The lowest BCUT2D eigenvalue weighted by atomic mass is 10.1. The average molecular weight is 476 g/mol. The highest BCUT2D eigenvalue weighted by Crippen LogP contribution is 2.29. The Bertz CT molecular complexity index is 884. The van der Waals surface area contributed by atoms with Gasteiger partial charge in [-0.2, -0.15) is 5.10 Å². The SMILES string of the molecule is COc1cc(C(=O)N2CCCCC2)ccc1OCCCCCOc1ccc(C=NN)cc1.Cl. The van der Waals surface area contributed by atoms with E-state index < -0.39 is 0 Å². The van der Waals surface area contributed by atoms with Gasteiger partial charge in [-0.25, -0.2) is 0 Å². The summed E-state index contributed by atoms with van der Waals surface area (Å²) >= 11 is 0. The van der Waals surface area contributed by atoms with E-state index >= 15 is 0 Å². The number of nitrogens with zero attached hydrogens (tertiary/aromatic N) is 2. The van der Waals surface area contributed by atoms with Crippen molar-refractivity contribution in [3.8, 4) is 17.2 Å². The van der Waals surface area contributed by atoms with E-state index in [1.54, 1.807) is 19.4 Å². The Hall–Kier alpha value is -2.93. The number of hydrogen-bond acceptors (Lipinski definition) is 6. The van der Waals surface area contributed by atoms with Gasteiger partial charge in [-0.1, -0.05) is 0 Å². The van der Waals surface area contributed by atoms with Crippen molar-refractivity contribution >= 4 is 24.5 Å². The maximum Gasteiger partial charge on any atom is 0.253 e. The second kappa shape index (κ2) is 14.3. The topological polar surface area (TPSA) is 86.4 Å². The highest BCUT2D eigenvalue weighted by molar-refractivity contribution is 5.95. The molecule has 0 unspecified atom stereocenters. The Balaban J connectivity index is 0.00000385. The molecule has 2 aromatic carbocycles. The van der Waals surface area contributed by atoms with Gasteiger partial charge in [0.15, 0.2) is 11.5 Å². The van der Waals surface area contributed by atoms with Crippen molar-refractivity contribution in [2.45, 2.75) is 38.5 Å². The van der Waals surface area contributed by atoms with E-state index in [-0.39, 0.29) is 18.3 Å². The smallest absolute Gasteiger partial charge is 0.253 e. The normalized spacial score (nSPS) is 13.4. The Kier molecular flexibility index (Phi) is 11.4. The van der Waals surface area contributed by atoms with Crippen LogP contribution >= 0.6 is 12.4 Å². The molecule has 180 valence electrons. The number of nitrogens with two attached hydrogens (primary N) is 1. The first-order valence-corrected chi connectivity index (χ1v) is 11.3. The molecule has 8 heteroatoms. The predicted octanol–water partition coefficient (Wildman–Crippen LogP) is 4.66. The molecule has 0 bridgehead atoms. The third-order valence-electron chi connectivity index (χ3n) is 5.47. The van der Waals surface area contributed by atoms with Crippen LogP contribution in [-0.2, 0) is 0 Å². The van der Waals surface area contributed by atoms with E-state index in [1.807, 2.05) is 41.3 Å². The van der Waals surface area contributed by atoms with Gasteiger partial charge in [0, 0.05) is 18.7 Å². The number of hydrazone groups is 1. The van der Waals surface area contributed by atoms with E-state index in [2.05, 4.69) is 5.10 Å². The second-order valence-corrected chi connectivity index (χ2v) is 7.82. The number of piperidine rings is 1. The van der Waals surface area contributed by atoms with Crippen molar-refractivity contribution in [3.63, 3.8) is 0 Å². The molecule has 0 radical (unpaired) electrons. The van der Waals surface area contributed by atoms with Gasteiger partial charge in [0.25, 0.3) is 5.91 Å². The summed E-state index contributed by atoms with van der Waals surface area (Å²) in [5, 5.41) is 3.50. The Morgan fingerprint density at radius 2 is 1.67 bits per heavy atom. The molecule has 2 N–H and O–H groups in total. The third-order valence-corrected chi connectivity index (χ3v) is 5.47. The Labute approximate surface area is 202 Å². The summed E-state index contributed by atoms with van der Waals surface area (Å²) in [4.78, 5) is 14.6. The summed E-state index contributed by atoms with van der Waals surface area (Å²) in [6.45, 7) is 2.90. The summed E-state index contributed by atoms with van der Waals surface area (Å²) in [6.07, 6.45) is 7.79. The van der Waals surface area contributed by atoms with Crippen LogP contribution in [0.25, 0.3) is 0 Å². The number of carbonyl (C=O) groups excluding carboxylic acids is 1. The summed E-state index contributed by atoms with van der Waals surface area (Å²) in [5.41, 5.74) is 1.59. The molecular formula is C25H34ClN3O4. The number of methoxy groups -OCH3 is 1. The standard InChI is InChI=1S/C25H33N3O4.ClH/c1-30-24-18-21(25(29)28-14-4-2-5-15-28)10-13-23(24)32-17-7-3-6-16-31-22-11-8-20(9-12-22)19-27-26;/h8-13,18-19H,2-7,14-17,26H2,1H3;1H. The summed E-state index contributed by atoms with van der Waals surface area (Å²) in [5.74, 6) is 7.30. The van der Waals surface area contributed by atoms with Gasteiger partial charge in [-0.05, 0) is 86.6 Å². The summed E-state index contributed by atoms with van der Waals surface area (Å²) < 4.78 is 17.1. The minimum absolute atomic E-state index is 0. The van der Waals surface area contributed by atoms with Crippen LogP contribution in [0.1, 0.15) is 54.4 Å². The second-order valence-electron chi connectivity index (χ2n) is 7.82. The molecule has 33 heavy (non-hydrogen) atoms. The Morgan fingerprint density at radius 1 is 0.970 bits per heavy atom. The van der Waals surface area contributed by atoms with Crippen LogP contribution in [-0.4, -0.2) is 50.4 Å². The maximum atomic E-state index is 12.7. The van der Waals surface area contributed by atoms with Crippen LogP contribution in [0.3, 0.4) is 0 Å². The van der Waals surface area contributed by atoms with Crippen LogP contribution in [0.2, 0.25) is 0 Å². The molecule has 1 saturated heterocycles. The van der Waals surface area contributed by atoms with Gasteiger partial charge in [0.1, 0.15) is 5.75 Å². The number of ether oxygens (including phenoxy) is 3. The van der Waals surface area contributed by atoms with Crippen LogP contribution < -0.4 is 20.1 Å². The number of unbranched alkanes of at least 4 members (excludes halogenated alkanes) is 2. The Morgan fingerprint density at radius 3 is 2.33 bits per heavy atom. The highest BCUT2D eigenvalue weighted by Gasteiger charge is 2.19. The molecule has 0 saturated carbocycles. The van der Waals surface area contributed by atoms with Gasteiger partial charge < -0.3 is 25.0 Å². The first-order chi connectivity index (χ1) is 15.7. The fourth-order valence-electron chi connectivity index (χ4n) is 3.69. The molecule has 3 rings (SSSR count). The quantitative estimate of drug-likeness (QED) is 0.221. The van der Waals surface area contributed by atoms with Gasteiger partial charge in [0.2, 0.25) is 0 Å². The number of hydrogen-bond donors (Lipinski definition) is 1. The molecule has 1 aliphatic heterocycles. The fraction of sp³-hybridized carbons (Fsp3) is 0.440. The number of rotatable bonds is 11. The predicted molar refractivity (Wildman–Crippen MR) is 133 cm³/mol. The molecule has 7 nitrogen and oxygen atoms in total. The van der Waals surface area contributed by atoms with E-state index in [0.717, 1.165) is 56.5 Å². The first-order valence-electron chi connectivity index (χ1n) is 11.3. The molecule has 0 aromatic heterocycles. The lowest BCUT2D eigenvalue weighted by Gasteiger charge is -2.27. The van der Waals surface area contributed by atoms with Gasteiger partial charge in [-0.15, -0.1) is 12.4 Å². The van der Waals surface area contributed by atoms with Crippen LogP contribution in [0.5, 0.6) is 17.2 Å². The van der Waals surface area contributed by atoms with Crippen molar-refractivity contribution in [2.75, 3.05) is 33.4 Å². The van der Waals surface area contributed by atoms with E-state index in [4.69, 9.17) is 20.1 Å². The van der Waals surface area contributed by atoms with Crippen molar-refractivity contribution in [3.05, 3.63) is 53.6 Å². The monoisotopic (exact) mass is 475 g/mol. The van der Waals surface area contributed by atoms with Crippen LogP contribution in [0.4, 0.5) is 0 Å². The minimum Gasteiger partial charge on any atom is -0.494 e. The molecular weight excluding hydrogens is 442 g/mol. The molecule has 1 fully saturated rings. The van der Waals surface area contributed by atoms with Crippen molar-refractivity contribution in [1.29, 1.82) is 0 Å². The highest BCUT2D eigenvalue weighted by atomic mass is 35.5. The molecule has 1 aliphatic rings. The number of amides is 1. The van der Waals surface area contributed by atoms with Crippen LogP contribution in [0.15, 0.2) is 47.6 Å². The zero-order chi connectivity index (χ0) is 22.6. The zero-order valence-corrected chi connectivity index (χ0v) is 20.0. The van der Waals surface area contributed by atoms with Gasteiger partial charge in [0.05, 0.1) is 26.5 Å². The number of carbonyl (C=O) groups is 1. The largest absolute Gasteiger partial charge is 0.494 e. The van der Waals surface area contributed by atoms with Crippen molar-refractivity contribution < 1.29 is 19.0 Å². The lowest BCUT2D eigenvalue weighted by molar-refractivity contribution is 0.0724. The van der Waals surface area contributed by atoms with Crippen molar-refractivity contribution in [2.24, 2.45) is 10.9 Å². The molecule has 0 atom stereocenters. The van der Waals surface area contributed by atoms with Crippen molar-refractivity contribution in [1.82, 2.24) is 4.90 Å². The molecule has 1 amide bonds. The average Bonchev–Trinajstić information content (AvgIpc) is 2.84. The van der Waals surface area contributed by atoms with E-state index in [0.29, 0.717) is 30.3 Å². The van der Waals surface area contributed by atoms with Gasteiger partial charge >= 0.3 is 0 Å². The fourth-order valence-corrected chi connectivity index (χ4v) is 3.69. The first kappa shape index (κ1) is 26.3. The minimum atomic E-state index is 0. The number of halogens is 1. The third kappa shape index (κ3) is 8.17. The summed E-state index contributed by atoms with van der Waals surface area (Å²) in [6, 6.07) is 13.1. The van der Waals surface area contributed by atoms with E-state index in [1.165, 1.54) is 6.42 Å². The molecule has 0 aliphatic carbocycles. The molecule has 1 heterocycles. The van der Waals surface area contributed by atoms with Crippen LogP contribution in [0, 0.1) is 0 Å². The summed E-state index contributed by atoms with van der Waals surface area (Å²) in [7, 11) is 1.60.